The van der Waals surface area contributed by atoms with Gasteiger partial charge in [-0.1, -0.05) is 11.6 Å². The molecule has 0 bridgehead atoms. The molecule has 0 saturated carbocycles. The Morgan fingerprint density at radius 2 is 2.21 bits per heavy atom. The smallest absolute Gasteiger partial charge is 0.258 e. The molecular weight excluding hydrogens is 208 g/mol. The van der Waals surface area contributed by atoms with E-state index in [0.29, 0.717) is 5.56 Å². The molecule has 14 heavy (non-hydrogen) atoms. The Labute approximate surface area is 84.2 Å². The molecule has 1 aromatic rings. The van der Waals surface area contributed by atoms with Crippen molar-refractivity contribution in [3.05, 3.63) is 32.8 Å². The summed E-state index contributed by atoms with van der Waals surface area (Å²) in [7, 11) is 0. The molecule has 0 saturated heterocycles. The average molecular weight is 213 g/mol. The summed E-state index contributed by atoms with van der Waals surface area (Å²) in [6, 6.07) is 2.78. The zero-order chi connectivity index (χ0) is 10.7. The second-order valence-corrected chi connectivity index (χ2v) is 2.98. The summed E-state index contributed by atoms with van der Waals surface area (Å²) in [6.45, 7) is 1.66. The molecule has 72 valence electrons. The maximum atomic E-state index is 10.6. The molecule has 0 aromatic heterocycles. The summed E-state index contributed by atoms with van der Waals surface area (Å²) in [5.74, 6) is 0. The van der Waals surface area contributed by atoms with Gasteiger partial charge in [-0.05, 0) is 18.6 Å². The summed E-state index contributed by atoms with van der Waals surface area (Å²) >= 11 is 5.68. The fourth-order valence-corrected chi connectivity index (χ4v) is 1.32. The van der Waals surface area contributed by atoms with Gasteiger partial charge in [0.15, 0.2) is 5.69 Å². The van der Waals surface area contributed by atoms with Crippen LogP contribution < -0.4 is 0 Å². The van der Waals surface area contributed by atoms with Crippen LogP contribution in [-0.2, 0) is 4.79 Å². The van der Waals surface area contributed by atoms with E-state index in [-0.39, 0.29) is 16.4 Å². The molecule has 0 radical (unpaired) electrons. The molecular formula is C8H5ClN2O3. The number of benzene rings is 1. The van der Waals surface area contributed by atoms with E-state index in [1.807, 2.05) is 0 Å². The Hall–Kier alpha value is -1.71. The summed E-state index contributed by atoms with van der Waals surface area (Å²) in [4.78, 5) is 23.1. The number of hydrogen-bond donors (Lipinski definition) is 0. The first-order valence-electron chi connectivity index (χ1n) is 3.58. The van der Waals surface area contributed by atoms with Gasteiger partial charge in [-0.3, -0.25) is 10.1 Å². The highest BCUT2D eigenvalue weighted by atomic mass is 35.5. The maximum absolute atomic E-state index is 10.6. The van der Waals surface area contributed by atoms with Crippen LogP contribution in [0.5, 0.6) is 0 Å². The normalized spacial score (nSPS) is 9.29. The molecule has 0 aliphatic heterocycles. The molecule has 5 nitrogen and oxygen atoms in total. The average Bonchev–Trinajstić information content (AvgIpc) is 2.09. The standard InChI is InChI=1S/C8H5ClN2O3/c1-5-2-6(9)8(10-4-12)7(3-5)11(13)14/h2-3H,1H3. The van der Waals surface area contributed by atoms with Gasteiger partial charge in [0.1, 0.15) is 0 Å². The molecule has 0 spiro atoms. The predicted molar refractivity (Wildman–Crippen MR) is 50.6 cm³/mol. The molecule has 1 aromatic carbocycles. The van der Waals surface area contributed by atoms with Crippen LogP contribution in [0.25, 0.3) is 0 Å². The number of isocyanates is 1. The Bertz CT molecular complexity index is 438. The molecule has 0 aliphatic carbocycles. The van der Waals surface area contributed by atoms with Crippen LogP contribution in [0.3, 0.4) is 0 Å². The van der Waals surface area contributed by atoms with Gasteiger partial charge < -0.3 is 0 Å². The Morgan fingerprint density at radius 1 is 1.57 bits per heavy atom. The first-order valence-corrected chi connectivity index (χ1v) is 3.96. The second-order valence-electron chi connectivity index (χ2n) is 2.57. The number of nitrogens with zero attached hydrogens (tertiary/aromatic N) is 2. The molecule has 0 amide bonds. The maximum Gasteiger partial charge on any atom is 0.297 e. The Kier molecular flexibility index (Phi) is 2.96. The number of carbonyl (C=O) groups excluding carboxylic acids is 1. The first kappa shape index (κ1) is 10.4. The Balaban J connectivity index is 3.51. The molecule has 0 N–H and O–H groups in total. The van der Waals surface area contributed by atoms with Crippen molar-refractivity contribution < 1.29 is 9.72 Å². The monoisotopic (exact) mass is 212 g/mol. The summed E-state index contributed by atoms with van der Waals surface area (Å²) in [6.07, 6.45) is 1.23. The topological polar surface area (TPSA) is 72.6 Å². The van der Waals surface area contributed by atoms with Crippen molar-refractivity contribution in [3.8, 4) is 0 Å². The van der Waals surface area contributed by atoms with Crippen molar-refractivity contribution in [1.82, 2.24) is 0 Å². The minimum atomic E-state index is -0.644. The van der Waals surface area contributed by atoms with Crippen molar-refractivity contribution in [2.75, 3.05) is 0 Å². The SMILES string of the molecule is Cc1cc(Cl)c(N=C=O)c([N+](=O)[O-])c1. The third-order valence-corrected chi connectivity index (χ3v) is 1.83. The van der Waals surface area contributed by atoms with Crippen LogP contribution in [0.15, 0.2) is 17.1 Å². The molecule has 0 unspecified atom stereocenters. The lowest BCUT2D eigenvalue weighted by molar-refractivity contribution is -0.384. The zero-order valence-electron chi connectivity index (χ0n) is 7.15. The van der Waals surface area contributed by atoms with Crippen LogP contribution in [0.4, 0.5) is 11.4 Å². The van der Waals surface area contributed by atoms with Gasteiger partial charge in [-0.15, -0.1) is 0 Å². The number of aliphatic imine (C=N–C) groups is 1. The molecule has 6 heteroatoms. The third-order valence-electron chi connectivity index (χ3n) is 1.54. The lowest BCUT2D eigenvalue weighted by Gasteiger charge is -1.99. The molecule has 0 atom stereocenters. The third kappa shape index (κ3) is 1.96. The number of rotatable bonds is 2. The van der Waals surface area contributed by atoms with Gasteiger partial charge in [0, 0.05) is 6.07 Å². The summed E-state index contributed by atoms with van der Waals surface area (Å²) in [5, 5.41) is 10.6. The minimum absolute atomic E-state index is 0.0695. The number of hydrogen-bond acceptors (Lipinski definition) is 4. The van der Waals surface area contributed by atoms with E-state index in [2.05, 4.69) is 4.99 Å². The molecule has 1 rings (SSSR count). The first-order chi connectivity index (χ1) is 6.56. The fraction of sp³-hybridized carbons (Fsp3) is 0.125. The van der Waals surface area contributed by atoms with Gasteiger partial charge in [0.05, 0.1) is 9.95 Å². The summed E-state index contributed by atoms with van der Waals surface area (Å²) < 4.78 is 0. The Morgan fingerprint density at radius 3 is 2.71 bits per heavy atom. The predicted octanol–water partition coefficient (Wildman–Crippen LogP) is 2.52. The van der Waals surface area contributed by atoms with Crippen LogP contribution in [0, 0.1) is 17.0 Å². The number of nitro groups is 1. The van der Waals surface area contributed by atoms with E-state index >= 15 is 0 Å². The zero-order valence-corrected chi connectivity index (χ0v) is 7.91. The van der Waals surface area contributed by atoms with Crippen LogP contribution >= 0.6 is 11.6 Å². The van der Waals surface area contributed by atoms with Crippen LogP contribution in [-0.4, -0.2) is 11.0 Å². The second kappa shape index (κ2) is 4.00. The minimum Gasteiger partial charge on any atom is -0.258 e. The molecule has 0 fully saturated rings. The number of nitro benzene ring substituents is 1. The van der Waals surface area contributed by atoms with Crippen molar-refractivity contribution in [3.63, 3.8) is 0 Å². The largest absolute Gasteiger partial charge is 0.297 e. The van der Waals surface area contributed by atoms with Crippen LogP contribution in [0.2, 0.25) is 5.02 Å². The fourth-order valence-electron chi connectivity index (χ4n) is 1.01. The van der Waals surface area contributed by atoms with E-state index in [4.69, 9.17) is 11.6 Å². The lowest BCUT2D eigenvalue weighted by atomic mass is 10.2. The van der Waals surface area contributed by atoms with E-state index < -0.39 is 4.92 Å². The van der Waals surface area contributed by atoms with Crippen molar-refractivity contribution in [1.29, 1.82) is 0 Å². The molecule has 0 aliphatic rings. The quantitative estimate of drug-likeness (QED) is 0.327. The van der Waals surface area contributed by atoms with Crippen molar-refractivity contribution >= 4 is 29.1 Å². The number of aryl methyl sites for hydroxylation is 1. The van der Waals surface area contributed by atoms with Crippen molar-refractivity contribution in [2.45, 2.75) is 6.92 Å². The van der Waals surface area contributed by atoms with Gasteiger partial charge in [-0.25, -0.2) is 4.79 Å². The van der Waals surface area contributed by atoms with Crippen LogP contribution in [0.1, 0.15) is 5.56 Å². The van der Waals surface area contributed by atoms with Gasteiger partial charge in [0.2, 0.25) is 6.08 Å². The van der Waals surface area contributed by atoms with E-state index in [0.717, 1.165) is 0 Å². The highest BCUT2D eigenvalue weighted by molar-refractivity contribution is 6.33. The van der Waals surface area contributed by atoms with Crippen molar-refractivity contribution in [2.24, 2.45) is 4.99 Å². The highest BCUT2D eigenvalue weighted by Crippen LogP contribution is 2.35. The van der Waals surface area contributed by atoms with E-state index in [1.165, 1.54) is 18.2 Å². The lowest BCUT2D eigenvalue weighted by Crippen LogP contribution is -1.90. The summed E-state index contributed by atoms with van der Waals surface area (Å²) in [5.41, 5.74) is 0.183. The van der Waals surface area contributed by atoms with Gasteiger partial charge in [0.25, 0.3) is 5.69 Å². The van der Waals surface area contributed by atoms with E-state index in [1.54, 1.807) is 6.92 Å². The van der Waals surface area contributed by atoms with Gasteiger partial charge >= 0.3 is 0 Å². The number of halogens is 1. The van der Waals surface area contributed by atoms with Gasteiger partial charge in [-0.2, -0.15) is 4.99 Å². The van der Waals surface area contributed by atoms with E-state index in [9.17, 15) is 14.9 Å². The highest BCUT2D eigenvalue weighted by Gasteiger charge is 2.17. The molecule has 0 heterocycles.